The van der Waals surface area contributed by atoms with E-state index in [9.17, 15) is 27.9 Å². The number of nitrogens with zero attached hydrogens (tertiary/aromatic N) is 2. The summed E-state index contributed by atoms with van der Waals surface area (Å²) in [5, 5.41) is 12.2. The van der Waals surface area contributed by atoms with Crippen LogP contribution in [0.2, 0.25) is 0 Å². The van der Waals surface area contributed by atoms with Crippen LogP contribution >= 0.6 is 0 Å². The second-order valence-corrected chi connectivity index (χ2v) is 12.1. The van der Waals surface area contributed by atoms with E-state index in [-0.39, 0.29) is 38.3 Å². The molecule has 0 radical (unpaired) electrons. The molecule has 0 spiro atoms. The van der Waals surface area contributed by atoms with Gasteiger partial charge in [-0.15, -0.1) is 6.58 Å². The minimum atomic E-state index is -5.01. The molecule has 11 heteroatoms. The first-order chi connectivity index (χ1) is 21.7. The Kier molecular flexibility index (Phi) is 11.0. The summed E-state index contributed by atoms with van der Waals surface area (Å²) >= 11 is 0. The van der Waals surface area contributed by atoms with Crippen LogP contribution < -0.4 is 5.32 Å². The summed E-state index contributed by atoms with van der Waals surface area (Å²) in [6.07, 6.45) is 1.99. The molecule has 0 aromatic heterocycles. The molecule has 1 saturated carbocycles. The molecule has 8 nitrogen and oxygen atoms in total. The van der Waals surface area contributed by atoms with Crippen LogP contribution in [0.25, 0.3) is 0 Å². The molecule has 2 amide bonds. The van der Waals surface area contributed by atoms with E-state index in [0.717, 1.165) is 35.3 Å². The molecule has 244 valence electrons. The van der Waals surface area contributed by atoms with Gasteiger partial charge in [0.25, 0.3) is 0 Å². The molecule has 2 heterocycles. The van der Waals surface area contributed by atoms with Crippen LogP contribution in [0.3, 0.4) is 0 Å². The van der Waals surface area contributed by atoms with Crippen LogP contribution in [0.1, 0.15) is 79.6 Å². The standard InChI is InChI=1S/C34H42F3N3O5/c1-2-17-39(27-6-3-4-7-27)21-28-19-30(25-13-11-24(22-41)12-14-25)45-32(44-28)26-15-9-23(10-16-26)20-38-31(42)29-8-5-18-40(29)33(43)34(35,36)37/h2,9-16,27-30,32,41H,1,3-8,17-22H2,(H,38,42). The van der Waals surface area contributed by atoms with Gasteiger partial charge in [-0.2, -0.15) is 13.2 Å². The van der Waals surface area contributed by atoms with Crippen molar-refractivity contribution in [2.45, 2.75) is 94.9 Å². The third kappa shape index (κ3) is 8.32. The van der Waals surface area contributed by atoms with Crippen molar-refractivity contribution < 1.29 is 37.3 Å². The van der Waals surface area contributed by atoms with Crippen molar-refractivity contribution in [3.05, 3.63) is 83.4 Å². The van der Waals surface area contributed by atoms with Crippen LogP contribution in [0.4, 0.5) is 13.2 Å². The van der Waals surface area contributed by atoms with E-state index in [1.54, 1.807) is 0 Å². The highest BCUT2D eigenvalue weighted by molar-refractivity contribution is 5.90. The van der Waals surface area contributed by atoms with Crippen LogP contribution in [0.15, 0.2) is 61.2 Å². The second kappa shape index (κ2) is 14.9. The Labute approximate surface area is 262 Å². The number of likely N-dealkylation sites (tertiary alicyclic amines) is 1. The lowest BCUT2D eigenvalue weighted by Crippen LogP contribution is -2.50. The lowest BCUT2D eigenvalue weighted by Gasteiger charge is -2.39. The number of rotatable bonds is 11. The van der Waals surface area contributed by atoms with Crippen LogP contribution in [-0.2, 0) is 32.2 Å². The monoisotopic (exact) mass is 629 g/mol. The maximum atomic E-state index is 13.0. The SMILES string of the molecule is C=CCN(CC1CC(c2ccc(CO)cc2)OC(c2ccc(CNC(=O)C3CCCN3C(=O)C(F)(F)F)cc2)O1)C1CCCC1. The van der Waals surface area contributed by atoms with Crippen molar-refractivity contribution in [2.75, 3.05) is 19.6 Å². The van der Waals surface area contributed by atoms with Gasteiger partial charge in [-0.3, -0.25) is 14.5 Å². The van der Waals surface area contributed by atoms with E-state index >= 15 is 0 Å². The number of aliphatic hydroxyl groups excluding tert-OH is 1. The molecular weight excluding hydrogens is 587 g/mol. The summed E-state index contributed by atoms with van der Waals surface area (Å²) in [6.45, 7) is 5.49. The van der Waals surface area contributed by atoms with Gasteiger partial charge >= 0.3 is 12.1 Å². The summed E-state index contributed by atoms with van der Waals surface area (Å²) in [7, 11) is 0. The number of alkyl halides is 3. The van der Waals surface area contributed by atoms with Crippen LogP contribution in [0.5, 0.6) is 0 Å². The Morgan fingerprint density at radius 1 is 0.978 bits per heavy atom. The van der Waals surface area contributed by atoms with Gasteiger partial charge in [-0.1, -0.05) is 67.4 Å². The van der Waals surface area contributed by atoms with Gasteiger partial charge in [0.1, 0.15) is 6.04 Å². The topological polar surface area (TPSA) is 91.3 Å². The molecular formula is C34H42F3N3O5. The van der Waals surface area contributed by atoms with E-state index in [2.05, 4.69) is 16.8 Å². The quantitative estimate of drug-likeness (QED) is 0.327. The Hall–Kier alpha value is -3.25. The Balaban J connectivity index is 1.26. The van der Waals surface area contributed by atoms with Crippen molar-refractivity contribution in [3.8, 4) is 0 Å². The predicted molar refractivity (Wildman–Crippen MR) is 162 cm³/mol. The Morgan fingerprint density at radius 2 is 1.64 bits per heavy atom. The van der Waals surface area contributed by atoms with Crippen LogP contribution in [0, 0.1) is 0 Å². The molecule has 2 aliphatic heterocycles. The highest BCUT2D eigenvalue weighted by atomic mass is 19.4. The van der Waals surface area contributed by atoms with Gasteiger partial charge in [0.15, 0.2) is 6.29 Å². The second-order valence-electron chi connectivity index (χ2n) is 12.1. The number of carbonyl (C=O) groups excluding carboxylic acids is 2. The fraction of sp³-hybridized carbons (Fsp3) is 0.529. The van der Waals surface area contributed by atoms with Gasteiger partial charge < -0.3 is 24.8 Å². The van der Waals surface area contributed by atoms with Crippen LogP contribution in [-0.4, -0.2) is 70.7 Å². The molecule has 4 atom stereocenters. The number of amides is 2. The summed E-state index contributed by atoms with van der Waals surface area (Å²) < 4.78 is 51.9. The number of ether oxygens (including phenoxy) is 2. The molecule has 3 fully saturated rings. The number of halogens is 3. The Morgan fingerprint density at radius 3 is 2.29 bits per heavy atom. The third-order valence-electron chi connectivity index (χ3n) is 9.04. The molecule has 4 unspecified atom stereocenters. The molecule has 2 saturated heterocycles. The zero-order valence-electron chi connectivity index (χ0n) is 25.4. The molecule has 45 heavy (non-hydrogen) atoms. The molecule has 5 rings (SSSR count). The largest absolute Gasteiger partial charge is 0.471 e. The maximum Gasteiger partial charge on any atom is 0.471 e. The summed E-state index contributed by atoms with van der Waals surface area (Å²) in [5.41, 5.74) is 3.39. The van der Waals surface area contributed by atoms with E-state index < -0.39 is 30.3 Å². The fourth-order valence-corrected chi connectivity index (χ4v) is 6.65. The number of carbonyl (C=O) groups is 2. The van der Waals surface area contributed by atoms with Gasteiger partial charge in [0.05, 0.1) is 18.8 Å². The number of hydrogen-bond donors (Lipinski definition) is 2. The normalized spacial score (nSPS) is 24.2. The minimum Gasteiger partial charge on any atom is -0.392 e. The maximum absolute atomic E-state index is 13.0. The summed E-state index contributed by atoms with van der Waals surface area (Å²) in [4.78, 5) is 27.5. The zero-order valence-corrected chi connectivity index (χ0v) is 25.4. The number of benzene rings is 2. The average molecular weight is 630 g/mol. The lowest BCUT2D eigenvalue weighted by atomic mass is 9.99. The first kappa shape index (κ1) is 33.1. The summed E-state index contributed by atoms with van der Waals surface area (Å²) in [5.74, 6) is -2.58. The van der Waals surface area contributed by atoms with Crippen molar-refractivity contribution in [3.63, 3.8) is 0 Å². The van der Waals surface area contributed by atoms with E-state index in [0.29, 0.717) is 23.8 Å². The van der Waals surface area contributed by atoms with E-state index in [4.69, 9.17) is 9.47 Å². The van der Waals surface area contributed by atoms with Crippen molar-refractivity contribution in [1.82, 2.24) is 15.1 Å². The third-order valence-corrected chi connectivity index (χ3v) is 9.04. The summed E-state index contributed by atoms with van der Waals surface area (Å²) in [6, 6.07) is 14.5. The molecule has 2 N–H and O–H groups in total. The molecule has 2 aromatic carbocycles. The average Bonchev–Trinajstić information content (AvgIpc) is 3.76. The van der Waals surface area contributed by atoms with Gasteiger partial charge in [0, 0.05) is 44.2 Å². The lowest BCUT2D eigenvalue weighted by molar-refractivity contribution is -0.253. The minimum absolute atomic E-state index is 0.0323. The van der Waals surface area contributed by atoms with Gasteiger partial charge in [-0.05, 0) is 42.4 Å². The molecule has 2 aromatic rings. The fourth-order valence-electron chi connectivity index (χ4n) is 6.65. The predicted octanol–water partition coefficient (Wildman–Crippen LogP) is 5.32. The zero-order chi connectivity index (χ0) is 32.0. The highest BCUT2D eigenvalue weighted by Gasteiger charge is 2.47. The number of aliphatic hydroxyl groups is 1. The first-order valence-corrected chi connectivity index (χ1v) is 15.8. The molecule has 0 bridgehead atoms. The first-order valence-electron chi connectivity index (χ1n) is 15.8. The highest BCUT2D eigenvalue weighted by Crippen LogP contribution is 2.39. The number of nitrogens with one attached hydrogen (secondary N) is 1. The molecule has 1 aliphatic carbocycles. The smallest absolute Gasteiger partial charge is 0.392 e. The van der Waals surface area contributed by atoms with Crippen molar-refractivity contribution >= 4 is 11.8 Å². The van der Waals surface area contributed by atoms with E-state index in [1.807, 2.05) is 54.6 Å². The number of hydrogen-bond acceptors (Lipinski definition) is 6. The Bertz CT molecular complexity index is 1300. The van der Waals surface area contributed by atoms with Crippen molar-refractivity contribution in [1.29, 1.82) is 0 Å². The van der Waals surface area contributed by atoms with Crippen molar-refractivity contribution in [2.24, 2.45) is 0 Å². The molecule has 3 aliphatic rings. The van der Waals surface area contributed by atoms with Gasteiger partial charge in [0.2, 0.25) is 5.91 Å². The van der Waals surface area contributed by atoms with Gasteiger partial charge in [-0.25, -0.2) is 0 Å². The van der Waals surface area contributed by atoms with E-state index in [1.165, 1.54) is 25.7 Å².